The Morgan fingerprint density at radius 2 is 1.92 bits per heavy atom. The van der Waals surface area contributed by atoms with E-state index < -0.39 is 13.8 Å². The summed E-state index contributed by atoms with van der Waals surface area (Å²) in [5.41, 5.74) is 2.16. The first-order chi connectivity index (χ1) is 11.1. The zero-order chi connectivity index (χ0) is 18.0. The molecule has 0 bridgehead atoms. The van der Waals surface area contributed by atoms with Gasteiger partial charge in [-0.3, -0.25) is 4.90 Å². The molecule has 1 aromatic rings. The van der Waals surface area contributed by atoms with Crippen LogP contribution in [0.1, 0.15) is 26.3 Å². The Hall–Kier alpha value is -0.903. The lowest BCUT2D eigenvalue weighted by Gasteiger charge is -2.37. The van der Waals surface area contributed by atoms with Crippen LogP contribution in [0, 0.1) is 0 Å². The highest BCUT2D eigenvalue weighted by molar-refractivity contribution is 7.82. The fraction of sp³-hybridized carbons (Fsp3) is 0.611. The van der Waals surface area contributed by atoms with Crippen LogP contribution in [-0.2, 0) is 11.2 Å². The van der Waals surface area contributed by atoms with Gasteiger partial charge < -0.3 is 9.84 Å². The van der Waals surface area contributed by atoms with Gasteiger partial charge in [0.1, 0.15) is 6.10 Å². The number of cyclic esters (lactones) is 1. The number of carbonyl (C=O) groups is 1. The van der Waals surface area contributed by atoms with Gasteiger partial charge in [0.2, 0.25) is 0 Å². The van der Waals surface area contributed by atoms with E-state index in [1.54, 1.807) is 4.90 Å². The van der Waals surface area contributed by atoms with Gasteiger partial charge in [-0.25, -0.2) is 4.79 Å². The number of ether oxygens (including phenoxy) is 1. The molecule has 1 saturated heterocycles. The van der Waals surface area contributed by atoms with Crippen molar-refractivity contribution in [3.8, 4) is 0 Å². The van der Waals surface area contributed by atoms with E-state index in [0.717, 1.165) is 20.2 Å². The minimum atomic E-state index is -1.18. The summed E-state index contributed by atoms with van der Waals surface area (Å²) in [6, 6.07) is 8.16. The number of hydrogen-bond donors (Lipinski definition) is 1. The lowest BCUT2D eigenvalue weighted by molar-refractivity contribution is 0.0963. The summed E-state index contributed by atoms with van der Waals surface area (Å²) < 4.78 is 5.08. The van der Waals surface area contributed by atoms with Crippen molar-refractivity contribution in [3.05, 3.63) is 29.8 Å². The Morgan fingerprint density at radius 1 is 1.29 bits per heavy atom. The van der Waals surface area contributed by atoms with Crippen LogP contribution in [0.4, 0.5) is 10.5 Å². The van der Waals surface area contributed by atoms with Crippen LogP contribution in [-0.4, -0.2) is 44.4 Å². The monoisotopic (exact) mass is 367 g/mol. The van der Waals surface area contributed by atoms with E-state index in [0.29, 0.717) is 11.6 Å². The molecule has 134 valence electrons. The predicted molar refractivity (Wildman–Crippen MR) is 105 cm³/mol. The third-order valence-electron chi connectivity index (χ3n) is 5.18. The van der Waals surface area contributed by atoms with Crippen molar-refractivity contribution >= 4 is 27.7 Å². The zero-order valence-corrected chi connectivity index (χ0v) is 17.4. The quantitative estimate of drug-likeness (QED) is 0.605. The smallest absolute Gasteiger partial charge is 0.414 e. The topological polar surface area (TPSA) is 49.8 Å². The van der Waals surface area contributed by atoms with Gasteiger partial charge in [-0.1, -0.05) is 46.0 Å². The lowest BCUT2D eigenvalue weighted by atomic mass is 10.1. The van der Waals surface area contributed by atoms with Crippen LogP contribution in [0.15, 0.2) is 24.3 Å². The first-order valence-corrected chi connectivity index (χ1v) is 13.8. The molecule has 1 aliphatic heterocycles. The molecule has 1 amide bonds. The van der Waals surface area contributed by atoms with E-state index in [9.17, 15) is 4.79 Å². The molecule has 0 aromatic heterocycles. The average molecular weight is 368 g/mol. The van der Waals surface area contributed by atoms with Crippen LogP contribution < -0.4 is 4.90 Å². The van der Waals surface area contributed by atoms with Crippen molar-refractivity contribution in [1.29, 1.82) is 0 Å². The molecule has 0 saturated carbocycles. The molecule has 1 aromatic carbocycles. The molecule has 2 atom stereocenters. The maximum absolute atomic E-state index is 11.8. The highest BCUT2D eigenvalue weighted by Gasteiger charge is 2.34. The number of benzene rings is 1. The number of amides is 1. The summed E-state index contributed by atoms with van der Waals surface area (Å²) in [7, 11) is -0.120. The molecule has 2 rings (SSSR count). The fourth-order valence-corrected chi connectivity index (χ4v) is 7.86. The molecule has 4 nitrogen and oxygen atoms in total. The lowest BCUT2D eigenvalue weighted by Crippen LogP contribution is -2.32. The number of nitrogens with zero attached hydrogens (tertiary/aromatic N) is 1. The molecule has 0 aliphatic carbocycles. The van der Waals surface area contributed by atoms with E-state index in [4.69, 9.17) is 9.84 Å². The third kappa shape index (κ3) is 4.59. The molecule has 1 aliphatic rings. The minimum absolute atomic E-state index is 0.130. The van der Waals surface area contributed by atoms with Crippen LogP contribution in [0.2, 0.25) is 18.1 Å². The van der Waals surface area contributed by atoms with E-state index in [-0.39, 0.29) is 12.7 Å². The van der Waals surface area contributed by atoms with Crippen LogP contribution in [0.5, 0.6) is 0 Å². The van der Waals surface area contributed by atoms with Gasteiger partial charge in [0.25, 0.3) is 0 Å². The van der Waals surface area contributed by atoms with Crippen LogP contribution in [0.3, 0.4) is 0 Å². The Kier molecular flexibility index (Phi) is 6.11. The normalized spacial score (nSPS) is 19.3. The second-order valence-electron chi connectivity index (χ2n) is 8.02. The van der Waals surface area contributed by atoms with Gasteiger partial charge in [-0.05, 0) is 35.3 Å². The number of rotatable bonds is 6. The van der Waals surface area contributed by atoms with E-state index >= 15 is 0 Å². The SMILES string of the molecule is CC(C)(C)[Si](C)(C)PCCc1ccc(N2C[C@H](CO)OC2=O)cc1. The first-order valence-electron chi connectivity index (χ1n) is 8.57. The molecule has 1 heterocycles. The molecule has 1 N–H and O–H groups in total. The second kappa shape index (κ2) is 7.55. The van der Waals surface area contributed by atoms with Gasteiger partial charge in [-0.15, -0.1) is 8.13 Å². The third-order valence-corrected chi connectivity index (χ3v) is 16.0. The van der Waals surface area contributed by atoms with Gasteiger partial charge in [0.05, 0.1) is 20.9 Å². The number of anilines is 1. The minimum Gasteiger partial charge on any atom is -0.441 e. The molecule has 1 unspecified atom stereocenters. The van der Waals surface area contributed by atoms with Gasteiger partial charge in [0, 0.05) is 5.69 Å². The molecule has 24 heavy (non-hydrogen) atoms. The molecule has 0 radical (unpaired) electrons. The first kappa shape index (κ1) is 19.4. The molecule has 1 fully saturated rings. The molecular weight excluding hydrogens is 337 g/mol. The summed E-state index contributed by atoms with van der Waals surface area (Å²) in [5.74, 6) is 0. The van der Waals surface area contributed by atoms with Crippen molar-refractivity contribution < 1.29 is 14.6 Å². The Balaban J connectivity index is 1.90. The van der Waals surface area contributed by atoms with E-state index in [2.05, 4.69) is 46.0 Å². The number of hydrogen-bond acceptors (Lipinski definition) is 3. The second-order valence-corrected chi connectivity index (χ2v) is 18.4. The molecule has 0 spiro atoms. The van der Waals surface area contributed by atoms with Crippen LogP contribution >= 0.6 is 8.13 Å². The Morgan fingerprint density at radius 3 is 2.42 bits per heavy atom. The zero-order valence-electron chi connectivity index (χ0n) is 15.4. The van der Waals surface area contributed by atoms with Gasteiger partial charge in [-0.2, -0.15) is 0 Å². The summed E-state index contributed by atoms with van der Waals surface area (Å²) >= 11 is 0. The maximum atomic E-state index is 11.8. The summed E-state index contributed by atoms with van der Waals surface area (Å²) in [6.07, 6.45) is 1.55. The summed E-state index contributed by atoms with van der Waals surface area (Å²) in [4.78, 5) is 13.4. The van der Waals surface area contributed by atoms with Crippen molar-refractivity contribution in [2.75, 3.05) is 24.2 Å². The average Bonchev–Trinajstić information content (AvgIpc) is 2.88. The highest BCUT2D eigenvalue weighted by Crippen LogP contribution is 2.46. The predicted octanol–water partition coefficient (Wildman–Crippen LogP) is 4.23. The number of carbonyl (C=O) groups excluding carboxylic acids is 1. The van der Waals surface area contributed by atoms with Gasteiger partial charge >= 0.3 is 6.09 Å². The fourth-order valence-electron chi connectivity index (χ4n) is 2.45. The Bertz CT molecular complexity index is 569. The highest BCUT2D eigenvalue weighted by atomic mass is 31.3. The van der Waals surface area contributed by atoms with Crippen molar-refractivity contribution in [2.45, 2.75) is 51.4 Å². The summed E-state index contributed by atoms with van der Waals surface area (Å²) in [5, 5.41) is 9.57. The van der Waals surface area contributed by atoms with E-state index in [1.165, 1.54) is 11.7 Å². The van der Waals surface area contributed by atoms with Crippen molar-refractivity contribution in [3.63, 3.8) is 0 Å². The molecular formula is C18H30NO3PSi. The van der Waals surface area contributed by atoms with E-state index in [1.807, 2.05) is 12.1 Å². The van der Waals surface area contributed by atoms with Gasteiger partial charge in [0.15, 0.2) is 0 Å². The Labute approximate surface area is 148 Å². The van der Waals surface area contributed by atoms with Crippen LogP contribution in [0.25, 0.3) is 0 Å². The number of aliphatic hydroxyl groups excluding tert-OH is 1. The standard InChI is InChI=1S/C18H30NO3PSi/c1-18(2,3)24(4,5)23-11-10-14-6-8-15(9-7-14)19-12-16(13-20)22-17(19)21/h6-9,16,20,23H,10-13H2,1-5H3/t16-/m1/s1. The number of aryl methyl sites for hydroxylation is 1. The largest absolute Gasteiger partial charge is 0.441 e. The maximum Gasteiger partial charge on any atom is 0.414 e. The number of aliphatic hydroxyl groups is 1. The van der Waals surface area contributed by atoms with Crippen molar-refractivity contribution in [2.24, 2.45) is 0 Å². The van der Waals surface area contributed by atoms with Crippen molar-refractivity contribution in [1.82, 2.24) is 0 Å². The summed E-state index contributed by atoms with van der Waals surface area (Å²) in [6.45, 7) is 12.4. The molecule has 6 heteroatoms.